The molecule has 3 N–H and O–H groups in total. The van der Waals surface area contributed by atoms with Gasteiger partial charge in [0, 0.05) is 0 Å². The molecule has 0 fully saturated rings. The standard InChI is InChI=1S/C14H18N4OS2/c1-9(2)12(10-6-4-3-5-7-10)16-11(19)8-20-14-18-17-13(15)21-14/h3-7,9,12H,8H2,1-2H3,(H2,15,17)(H,16,19). The average Bonchev–Trinajstić information content (AvgIpc) is 2.89. The molecule has 0 bridgehead atoms. The Bertz CT molecular complexity index is 586. The number of nitrogens with zero attached hydrogens (tertiary/aromatic N) is 2. The average molecular weight is 322 g/mol. The molecule has 0 aliphatic carbocycles. The van der Waals surface area contributed by atoms with Gasteiger partial charge in [0.25, 0.3) is 0 Å². The molecule has 0 spiro atoms. The second-order valence-corrected chi connectivity index (χ2v) is 7.13. The molecular weight excluding hydrogens is 304 g/mol. The van der Waals surface area contributed by atoms with Crippen molar-refractivity contribution in [3.05, 3.63) is 35.9 Å². The first kappa shape index (κ1) is 15.8. The van der Waals surface area contributed by atoms with Crippen molar-refractivity contribution < 1.29 is 4.79 Å². The first-order valence-corrected chi connectivity index (χ1v) is 8.42. The van der Waals surface area contributed by atoms with Crippen LogP contribution in [0.1, 0.15) is 25.5 Å². The number of rotatable bonds is 6. The van der Waals surface area contributed by atoms with E-state index in [0.717, 1.165) is 5.56 Å². The summed E-state index contributed by atoms with van der Waals surface area (Å²) in [4.78, 5) is 12.1. The summed E-state index contributed by atoms with van der Waals surface area (Å²) in [7, 11) is 0. The van der Waals surface area contributed by atoms with E-state index in [1.165, 1.54) is 23.1 Å². The van der Waals surface area contributed by atoms with E-state index in [1.807, 2.05) is 30.3 Å². The fourth-order valence-electron chi connectivity index (χ4n) is 1.92. The molecule has 1 aromatic heterocycles. The molecule has 7 heteroatoms. The highest BCUT2D eigenvalue weighted by Gasteiger charge is 2.18. The Morgan fingerprint density at radius 2 is 2.05 bits per heavy atom. The van der Waals surface area contributed by atoms with Crippen molar-refractivity contribution in [3.63, 3.8) is 0 Å². The minimum absolute atomic E-state index is 0.0128. The van der Waals surface area contributed by atoms with Crippen LogP contribution in [0.4, 0.5) is 5.13 Å². The third-order valence-corrected chi connectivity index (χ3v) is 4.78. The lowest BCUT2D eigenvalue weighted by Gasteiger charge is -2.22. The van der Waals surface area contributed by atoms with Crippen molar-refractivity contribution in [1.82, 2.24) is 15.5 Å². The predicted molar refractivity (Wildman–Crippen MR) is 87.2 cm³/mol. The van der Waals surface area contributed by atoms with Crippen LogP contribution in [0.25, 0.3) is 0 Å². The summed E-state index contributed by atoms with van der Waals surface area (Å²) in [5.74, 6) is 0.611. The highest BCUT2D eigenvalue weighted by Crippen LogP contribution is 2.25. The second-order valence-electron chi connectivity index (χ2n) is 4.89. The summed E-state index contributed by atoms with van der Waals surface area (Å²) in [6.45, 7) is 4.19. The number of aromatic nitrogens is 2. The summed E-state index contributed by atoms with van der Waals surface area (Å²) in [6, 6.07) is 10.0. The molecule has 2 aromatic rings. The Morgan fingerprint density at radius 3 is 2.62 bits per heavy atom. The summed E-state index contributed by atoms with van der Waals surface area (Å²) in [6.07, 6.45) is 0. The highest BCUT2D eigenvalue weighted by molar-refractivity contribution is 8.01. The molecule has 0 aliphatic rings. The molecular formula is C14H18N4OS2. The summed E-state index contributed by atoms with van der Waals surface area (Å²) in [5.41, 5.74) is 6.63. The molecule has 2 rings (SSSR count). The molecule has 1 atom stereocenters. The zero-order valence-corrected chi connectivity index (χ0v) is 13.6. The van der Waals surface area contributed by atoms with Gasteiger partial charge in [0.15, 0.2) is 4.34 Å². The minimum atomic E-state index is -0.0173. The van der Waals surface area contributed by atoms with Gasteiger partial charge in [-0.25, -0.2) is 0 Å². The maximum absolute atomic E-state index is 12.1. The van der Waals surface area contributed by atoms with Crippen LogP contribution in [0.5, 0.6) is 0 Å². The van der Waals surface area contributed by atoms with Crippen LogP contribution < -0.4 is 11.1 Å². The fourth-order valence-corrected chi connectivity index (χ4v) is 3.36. The van der Waals surface area contributed by atoms with Crippen LogP contribution in [-0.4, -0.2) is 21.9 Å². The van der Waals surface area contributed by atoms with Gasteiger partial charge in [0.2, 0.25) is 11.0 Å². The smallest absolute Gasteiger partial charge is 0.230 e. The van der Waals surface area contributed by atoms with Crippen LogP contribution in [0.15, 0.2) is 34.7 Å². The second kappa shape index (κ2) is 7.42. The molecule has 5 nitrogen and oxygen atoms in total. The number of carbonyl (C=O) groups excluding carboxylic acids is 1. The number of hydrogen-bond donors (Lipinski definition) is 2. The molecule has 1 unspecified atom stereocenters. The predicted octanol–water partition coefficient (Wildman–Crippen LogP) is 2.73. The Balaban J connectivity index is 1.93. The molecule has 0 radical (unpaired) electrons. The molecule has 1 amide bonds. The van der Waals surface area contributed by atoms with Crippen LogP contribution in [0.2, 0.25) is 0 Å². The number of amides is 1. The fraction of sp³-hybridized carbons (Fsp3) is 0.357. The van der Waals surface area contributed by atoms with Crippen LogP contribution in [0.3, 0.4) is 0 Å². The number of nitrogens with one attached hydrogen (secondary N) is 1. The first-order chi connectivity index (χ1) is 10.1. The molecule has 0 saturated heterocycles. The lowest BCUT2D eigenvalue weighted by Crippen LogP contribution is -2.32. The lowest BCUT2D eigenvalue weighted by molar-refractivity contribution is -0.119. The van der Waals surface area contributed by atoms with Gasteiger partial charge in [-0.15, -0.1) is 10.2 Å². The molecule has 1 aromatic carbocycles. The molecule has 0 saturated carbocycles. The van der Waals surface area contributed by atoms with Gasteiger partial charge in [-0.2, -0.15) is 0 Å². The van der Waals surface area contributed by atoms with E-state index < -0.39 is 0 Å². The zero-order chi connectivity index (χ0) is 15.2. The monoisotopic (exact) mass is 322 g/mol. The number of anilines is 1. The van der Waals surface area contributed by atoms with Gasteiger partial charge >= 0.3 is 0 Å². The third kappa shape index (κ3) is 4.71. The summed E-state index contributed by atoms with van der Waals surface area (Å²) >= 11 is 2.64. The van der Waals surface area contributed by atoms with Crippen LogP contribution in [-0.2, 0) is 4.79 Å². The topological polar surface area (TPSA) is 80.9 Å². The van der Waals surface area contributed by atoms with Crippen molar-refractivity contribution in [2.45, 2.75) is 24.2 Å². The number of hydrogen-bond acceptors (Lipinski definition) is 6. The highest BCUT2D eigenvalue weighted by atomic mass is 32.2. The van der Waals surface area contributed by atoms with Crippen molar-refractivity contribution in [2.24, 2.45) is 5.92 Å². The van der Waals surface area contributed by atoms with E-state index in [-0.39, 0.29) is 11.9 Å². The Hall–Kier alpha value is -1.60. The summed E-state index contributed by atoms with van der Waals surface area (Å²) in [5, 5.41) is 11.1. The van der Waals surface area contributed by atoms with E-state index in [9.17, 15) is 4.79 Å². The van der Waals surface area contributed by atoms with E-state index in [0.29, 0.717) is 21.1 Å². The first-order valence-electron chi connectivity index (χ1n) is 6.62. The van der Waals surface area contributed by atoms with Gasteiger partial charge in [-0.05, 0) is 11.5 Å². The Morgan fingerprint density at radius 1 is 1.33 bits per heavy atom. The number of nitrogen functional groups attached to an aromatic ring is 1. The minimum Gasteiger partial charge on any atom is -0.374 e. The van der Waals surface area contributed by atoms with E-state index in [1.54, 1.807) is 0 Å². The van der Waals surface area contributed by atoms with Gasteiger partial charge < -0.3 is 11.1 Å². The van der Waals surface area contributed by atoms with Crippen LogP contribution in [0, 0.1) is 5.92 Å². The lowest BCUT2D eigenvalue weighted by atomic mass is 9.96. The van der Waals surface area contributed by atoms with Crippen molar-refractivity contribution in [2.75, 3.05) is 11.5 Å². The normalized spacial score (nSPS) is 12.3. The van der Waals surface area contributed by atoms with E-state index >= 15 is 0 Å². The summed E-state index contributed by atoms with van der Waals surface area (Å²) < 4.78 is 0.712. The van der Waals surface area contributed by atoms with Gasteiger partial charge in [-0.1, -0.05) is 67.3 Å². The van der Waals surface area contributed by atoms with Crippen molar-refractivity contribution in [1.29, 1.82) is 0 Å². The maximum Gasteiger partial charge on any atom is 0.230 e. The number of nitrogens with two attached hydrogens (primary N) is 1. The maximum atomic E-state index is 12.1. The molecule has 0 aliphatic heterocycles. The quantitative estimate of drug-likeness (QED) is 0.799. The van der Waals surface area contributed by atoms with Gasteiger partial charge in [-0.3, -0.25) is 4.79 Å². The molecule has 112 valence electrons. The number of carbonyl (C=O) groups is 1. The SMILES string of the molecule is CC(C)C(NC(=O)CSc1nnc(N)s1)c1ccccc1. The number of benzene rings is 1. The van der Waals surface area contributed by atoms with Crippen molar-refractivity contribution >= 4 is 34.1 Å². The molecule has 1 heterocycles. The van der Waals surface area contributed by atoms with Gasteiger partial charge in [0.05, 0.1) is 11.8 Å². The molecule has 21 heavy (non-hydrogen) atoms. The zero-order valence-electron chi connectivity index (χ0n) is 11.9. The Labute approximate surface area is 132 Å². The van der Waals surface area contributed by atoms with E-state index in [2.05, 4.69) is 29.4 Å². The van der Waals surface area contributed by atoms with Gasteiger partial charge in [0.1, 0.15) is 0 Å². The van der Waals surface area contributed by atoms with E-state index in [4.69, 9.17) is 5.73 Å². The number of thioether (sulfide) groups is 1. The van der Waals surface area contributed by atoms with Crippen molar-refractivity contribution in [3.8, 4) is 0 Å². The largest absolute Gasteiger partial charge is 0.374 e. The Kier molecular flexibility index (Phi) is 5.58. The van der Waals surface area contributed by atoms with Crippen LogP contribution >= 0.6 is 23.1 Å². The third-order valence-electron chi connectivity index (χ3n) is 2.89.